The van der Waals surface area contributed by atoms with E-state index in [2.05, 4.69) is 18.9 Å². The second-order valence-electron chi connectivity index (χ2n) is 8.07. The lowest BCUT2D eigenvalue weighted by atomic mass is 10.0. The molecule has 0 atom stereocenters. The number of nitrogens with zero attached hydrogens (tertiary/aromatic N) is 4. The van der Waals surface area contributed by atoms with E-state index in [9.17, 15) is 0 Å². The van der Waals surface area contributed by atoms with E-state index < -0.39 is 0 Å². The van der Waals surface area contributed by atoms with Gasteiger partial charge in [0.25, 0.3) is 0 Å². The molecular formula is C21H28N5S+. The maximum absolute atomic E-state index is 5.15. The van der Waals surface area contributed by atoms with Gasteiger partial charge in [-0.25, -0.2) is 15.0 Å². The maximum atomic E-state index is 5.15. The van der Waals surface area contributed by atoms with Crippen LogP contribution in [0.4, 0.5) is 5.82 Å². The number of unbranched alkanes of at least 4 members (excludes halogenated alkanes) is 1. The first-order valence-electron chi connectivity index (χ1n) is 10.4. The first-order valence-corrected chi connectivity index (χ1v) is 11.2. The van der Waals surface area contributed by atoms with Crippen molar-refractivity contribution < 1.29 is 4.90 Å². The van der Waals surface area contributed by atoms with Gasteiger partial charge in [-0.1, -0.05) is 13.3 Å². The van der Waals surface area contributed by atoms with E-state index in [0.717, 1.165) is 30.8 Å². The largest absolute Gasteiger partial charge is 0.344 e. The van der Waals surface area contributed by atoms with Crippen molar-refractivity contribution in [3.8, 4) is 0 Å². The van der Waals surface area contributed by atoms with Crippen LogP contribution in [0.3, 0.4) is 0 Å². The van der Waals surface area contributed by atoms with Crippen LogP contribution in [0.5, 0.6) is 0 Å². The highest BCUT2D eigenvalue weighted by Gasteiger charge is 2.26. The standard InChI is InChI=1S/C21H27N5S/c1-3-4-8-16-14-6-5-7-15(14)17-18-19(27-21(17)24-16)20(23-13-22-18)26-11-9-25(2)10-12-26/h13H,3-12H2,1-2H3/p+1. The average molecular weight is 383 g/mol. The Bertz CT molecular complexity index is 987. The number of hydrogen-bond donors (Lipinski definition) is 1. The van der Waals surface area contributed by atoms with Gasteiger partial charge in [0.15, 0.2) is 5.82 Å². The van der Waals surface area contributed by atoms with E-state index in [4.69, 9.17) is 15.0 Å². The molecule has 3 aromatic rings. The van der Waals surface area contributed by atoms with Crippen LogP contribution in [-0.4, -0.2) is 48.2 Å². The molecule has 4 heterocycles. The Hall–Kier alpha value is -1.79. The zero-order chi connectivity index (χ0) is 18.4. The van der Waals surface area contributed by atoms with Crippen molar-refractivity contribution in [3.63, 3.8) is 0 Å². The molecule has 0 radical (unpaired) electrons. The molecule has 3 aromatic heterocycles. The number of likely N-dealkylation sites (N-methyl/N-ethyl adjacent to an activating group) is 1. The van der Waals surface area contributed by atoms with Gasteiger partial charge in [-0.3, -0.25) is 0 Å². The van der Waals surface area contributed by atoms with Crippen molar-refractivity contribution >= 4 is 37.6 Å². The molecule has 5 nitrogen and oxygen atoms in total. The fourth-order valence-corrected chi connectivity index (χ4v) is 5.84. The highest BCUT2D eigenvalue weighted by atomic mass is 32.1. The summed E-state index contributed by atoms with van der Waals surface area (Å²) in [5.41, 5.74) is 5.55. The van der Waals surface area contributed by atoms with Gasteiger partial charge in [0.2, 0.25) is 0 Å². The number of pyridine rings is 1. The third-order valence-corrected chi connectivity index (χ3v) is 7.29. The van der Waals surface area contributed by atoms with Crippen molar-refractivity contribution in [2.45, 2.75) is 45.4 Å². The molecule has 2 aliphatic rings. The normalized spacial score (nSPS) is 17.9. The van der Waals surface area contributed by atoms with Crippen LogP contribution in [0.1, 0.15) is 43.0 Å². The van der Waals surface area contributed by atoms with Crippen LogP contribution in [0.25, 0.3) is 20.4 Å². The van der Waals surface area contributed by atoms with E-state index in [-0.39, 0.29) is 0 Å². The van der Waals surface area contributed by atoms with Crippen LogP contribution in [0, 0.1) is 0 Å². The molecule has 142 valence electrons. The number of fused-ring (bicyclic) bond motifs is 5. The van der Waals surface area contributed by atoms with Gasteiger partial charge in [0.1, 0.15) is 11.2 Å². The minimum absolute atomic E-state index is 1.07. The van der Waals surface area contributed by atoms with Crippen molar-refractivity contribution in [2.24, 2.45) is 0 Å². The average Bonchev–Trinajstić information content (AvgIpc) is 3.30. The maximum Gasteiger partial charge on any atom is 0.150 e. The van der Waals surface area contributed by atoms with E-state index in [1.807, 2.05) is 11.3 Å². The fourth-order valence-electron chi connectivity index (χ4n) is 4.64. The summed E-state index contributed by atoms with van der Waals surface area (Å²) in [5, 5.41) is 1.33. The first-order chi connectivity index (χ1) is 13.3. The monoisotopic (exact) mass is 382 g/mol. The number of thiophene rings is 1. The molecule has 0 unspecified atom stereocenters. The number of quaternary nitrogens is 1. The topological polar surface area (TPSA) is 46.4 Å². The lowest BCUT2D eigenvalue weighted by Gasteiger charge is -2.30. The molecule has 1 N–H and O–H groups in total. The Morgan fingerprint density at radius 2 is 1.96 bits per heavy atom. The summed E-state index contributed by atoms with van der Waals surface area (Å²) in [5.74, 6) is 1.12. The predicted octanol–water partition coefficient (Wildman–Crippen LogP) is 2.41. The third kappa shape index (κ3) is 2.90. The molecule has 1 aliphatic heterocycles. The molecular weight excluding hydrogens is 354 g/mol. The summed E-state index contributed by atoms with van der Waals surface area (Å²) in [4.78, 5) is 19.8. The minimum atomic E-state index is 1.07. The van der Waals surface area contributed by atoms with Gasteiger partial charge < -0.3 is 9.80 Å². The summed E-state index contributed by atoms with van der Waals surface area (Å²) in [7, 11) is 2.28. The Kier molecular flexibility index (Phi) is 4.48. The SMILES string of the molecule is CCCCc1nc2sc3c(N4CC[NH+](C)CC4)ncnc3c2c2c1CCC2. The number of rotatable bonds is 4. The number of aromatic nitrogens is 3. The van der Waals surface area contributed by atoms with E-state index in [0.29, 0.717) is 0 Å². The summed E-state index contributed by atoms with van der Waals surface area (Å²) in [6.07, 6.45) is 8.95. The van der Waals surface area contributed by atoms with E-state index in [1.54, 1.807) is 11.2 Å². The number of aryl methyl sites for hydroxylation is 2. The highest BCUT2D eigenvalue weighted by Crippen LogP contribution is 2.42. The lowest BCUT2D eigenvalue weighted by molar-refractivity contribution is -0.880. The summed E-state index contributed by atoms with van der Waals surface area (Å²) < 4.78 is 1.24. The number of nitrogens with one attached hydrogen (secondary N) is 1. The second-order valence-corrected chi connectivity index (χ2v) is 9.07. The van der Waals surface area contributed by atoms with Gasteiger partial charge in [0.05, 0.1) is 43.4 Å². The molecule has 0 aromatic carbocycles. The molecule has 27 heavy (non-hydrogen) atoms. The second kappa shape index (κ2) is 6.99. The number of anilines is 1. The predicted molar refractivity (Wildman–Crippen MR) is 112 cm³/mol. The smallest absolute Gasteiger partial charge is 0.150 e. The third-order valence-electron chi connectivity index (χ3n) is 6.22. The van der Waals surface area contributed by atoms with E-state index >= 15 is 0 Å². The van der Waals surface area contributed by atoms with Crippen molar-refractivity contribution in [2.75, 3.05) is 38.1 Å². The quantitative estimate of drug-likeness (QED) is 0.753. The minimum Gasteiger partial charge on any atom is -0.344 e. The molecule has 0 spiro atoms. The van der Waals surface area contributed by atoms with Gasteiger partial charge in [-0.2, -0.15) is 0 Å². The summed E-state index contributed by atoms with van der Waals surface area (Å²) in [6, 6.07) is 0. The van der Waals surface area contributed by atoms with Crippen LogP contribution >= 0.6 is 11.3 Å². The molecule has 0 saturated carbocycles. The van der Waals surface area contributed by atoms with Crippen LogP contribution in [0.15, 0.2) is 6.33 Å². The number of piperazine rings is 1. The zero-order valence-corrected chi connectivity index (χ0v) is 17.2. The van der Waals surface area contributed by atoms with Crippen molar-refractivity contribution in [3.05, 3.63) is 23.1 Å². The summed E-state index contributed by atoms with van der Waals surface area (Å²) in [6.45, 7) is 6.74. The van der Waals surface area contributed by atoms with Crippen LogP contribution in [-0.2, 0) is 19.3 Å². The summed E-state index contributed by atoms with van der Waals surface area (Å²) >= 11 is 1.81. The first kappa shape index (κ1) is 17.3. The Labute approximate surface area is 164 Å². The molecule has 1 aliphatic carbocycles. The van der Waals surface area contributed by atoms with Gasteiger partial charge in [-0.05, 0) is 43.2 Å². The molecule has 0 bridgehead atoms. The molecule has 0 amide bonds. The van der Waals surface area contributed by atoms with Crippen LogP contribution in [0.2, 0.25) is 0 Å². The van der Waals surface area contributed by atoms with Gasteiger partial charge in [-0.15, -0.1) is 11.3 Å². The van der Waals surface area contributed by atoms with E-state index in [1.165, 1.54) is 76.9 Å². The molecule has 5 rings (SSSR count). The molecule has 6 heteroatoms. The Morgan fingerprint density at radius 1 is 1.15 bits per heavy atom. The molecule has 1 saturated heterocycles. The zero-order valence-electron chi connectivity index (χ0n) is 16.3. The van der Waals surface area contributed by atoms with Crippen molar-refractivity contribution in [1.29, 1.82) is 0 Å². The molecule has 1 fully saturated rings. The van der Waals surface area contributed by atoms with Gasteiger partial charge in [0, 0.05) is 11.1 Å². The number of hydrogen-bond acceptors (Lipinski definition) is 5. The Balaban J connectivity index is 1.67. The Morgan fingerprint density at radius 3 is 2.78 bits per heavy atom. The van der Waals surface area contributed by atoms with Gasteiger partial charge >= 0.3 is 0 Å². The van der Waals surface area contributed by atoms with Crippen LogP contribution < -0.4 is 9.80 Å². The lowest BCUT2D eigenvalue weighted by Crippen LogP contribution is -3.12. The fraction of sp³-hybridized carbons (Fsp3) is 0.571. The highest BCUT2D eigenvalue weighted by molar-refractivity contribution is 7.26. The van der Waals surface area contributed by atoms with Crippen molar-refractivity contribution in [1.82, 2.24) is 15.0 Å².